The monoisotopic (exact) mass is 265 g/mol. The number of nitrogens with two attached hydrogens (primary N) is 1. The molecular weight excluding hydrogens is 238 g/mol. The first-order valence-electron chi connectivity index (χ1n) is 7.96. The van der Waals surface area contributed by atoms with E-state index in [0.717, 1.165) is 50.9 Å². The summed E-state index contributed by atoms with van der Waals surface area (Å²) in [6.07, 6.45) is 7.39. The van der Waals surface area contributed by atoms with E-state index in [1.54, 1.807) is 0 Å². The second kappa shape index (κ2) is 5.80. The molecule has 19 heavy (non-hydrogen) atoms. The van der Waals surface area contributed by atoms with Gasteiger partial charge in [-0.2, -0.15) is 0 Å². The first-order valence-corrected chi connectivity index (χ1v) is 7.96. The molecule has 3 aliphatic rings. The van der Waals surface area contributed by atoms with Crippen LogP contribution in [0.25, 0.3) is 0 Å². The Hall–Kier alpha value is -0.610. The van der Waals surface area contributed by atoms with Gasteiger partial charge in [0.25, 0.3) is 0 Å². The Labute approximate surface area is 116 Å². The largest absolute Gasteiger partial charge is 0.341 e. The van der Waals surface area contributed by atoms with Crippen LogP contribution in [0.4, 0.5) is 0 Å². The molecule has 0 atom stereocenters. The van der Waals surface area contributed by atoms with Crippen LogP contribution in [0.15, 0.2) is 0 Å². The van der Waals surface area contributed by atoms with Crippen LogP contribution >= 0.6 is 0 Å². The summed E-state index contributed by atoms with van der Waals surface area (Å²) in [5.41, 5.74) is 5.91. The highest BCUT2D eigenvalue weighted by molar-refractivity contribution is 5.78. The van der Waals surface area contributed by atoms with Crippen molar-refractivity contribution in [2.24, 2.45) is 17.6 Å². The molecule has 2 aliphatic carbocycles. The van der Waals surface area contributed by atoms with Gasteiger partial charge in [0.1, 0.15) is 0 Å². The minimum Gasteiger partial charge on any atom is -0.341 e. The van der Waals surface area contributed by atoms with Crippen LogP contribution in [0.2, 0.25) is 0 Å². The molecular formula is C15H27N3O. The molecule has 0 radical (unpaired) electrons. The molecule has 0 aromatic carbocycles. The maximum absolute atomic E-state index is 12.5. The van der Waals surface area contributed by atoms with E-state index in [2.05, 4.69) is 9.80 Å². The molecule has 0 bridgehead atoms. The van der Waals surface area contributed by atoms with Crippen LogP contribution in [0.3, 0.4) is 0 Å². The SMILES string of the molecule is NC1CCN(CC(=O)N(CC2CC2)CC2CC2)CC1. The minimum absolute atomic E-state index is 0.348. The summed E-state index contributed by atoms with van der Waals surface area (Å²) < 4.78 is 0. The first kappa shape index (κ1) is 13.4. The third-order valence-electron chi connectivity index (χ3n) is 4.69. The maximum Gasteiger partial charge on any atom is 0.236 e. The average molecular weight is 265 g/mol. The van der Waals surface area contributed by atoms with Crippen molar-refractivity contribution < 1.29 is 4.79 Å². The summed E-state index contributed by atoms with van der Waals surface area (Å²) in [4.78, 5) is 16.9. The Morgan fingerprint density at radius 1 is 1.00 bits per heavy atom. The van der Waals surface area contributed by atoms with Crippen LogP contribution < -0.4 is 5.73 Å². The second-order valence-corrected chi connectivity index (χ2v) is 6.80. The standard InChI is InChI=1S/C15H27N3O/c16-14-5-7-17(8-6-14)11-15(19)18(9-12-1-2-12)10-13-3-4-13/h12-14H,1-11,16H2. The predicted molar refractivity (Wildman–Crippen MR) is 75.7 cm³/mol. The number of nitrogens with zero attached hydrogens (tertiary/aromatic N) is 2. The van der Waals surface area contributed by atoms with E-state index in [4.69, 9.17) is 5.73 Å². The molecule has 1 heterocycles. The van der Waals surface area contributed by atoms with Gasteiger partial charge in [0.2, 0.25) is 5.91 Å². The van der Waals surface area contributed by atoms with E-state index >= 15 is 0 Å². The zero-order valence-corrected chi connectivity index (χ0v) is 11.9. The van der Waals surface area contributed by atoms with Crippen molar-refractivity contribution >= 4 is 5.91 Å². The highest BCUT2D eigenvalue weighted by atomic mass is 16.2. The topological polar surface area (TPSA) is 49.6 Å². The molecule has 0 aromatic rings. The molecule has 108 valence electrons. The third kappa shape index (κ3) is 4.18. The van der Waals surface area contributed by atoms with Crippen LogP contribution in [0.1, 0.15) is 38.5 Å². The molecule has 1 amide bonds. The van der Waals surface area contributed by atoms with Gasteiger partial charge in [0.05, 0.1) is 6.54 Å². The van der Waals surface area contributed by atoms with Gasteiger partial charge in [-0.1, -0.05) is 0 Å². The predicted octanol–water partition coefficient (Wildman–Crippen LogP) is 1.06. The fourth-order valence-electron chi connectivity index (χ4n) is 2.90. The lowest BCUT2D eigenvalue weighted by atomic mass is 10.1. The maximum atomic E-state index is 12.5. The van der Waals surface area contributed by atoms with E-state index < -0.39 is 0 Å². The Bertz CT molecular complexity index is 303. The highest BCUT2D eigenvalue weighted by Gasteiger charge is 2.32. The molecule has 1 saturated heterocycles. The van der Waals surface area contributed by atoms with Crippen LogP contribution in [-0.2, 0) is 4.79 Å². The van der Waals surface area contributed by atoms with Gasteiger partial charge >= 0.3 is 0 Å². The summed E-state index contributed by atoms with van der Waals surface area (Å²) in [7, 11) is 0. The molecule has 0 unspecified atom stereocenters. The molecule has 4 nitrogen and oxygen atoms in total. The Balaban J connectivity index is 1.47. The number of likely N-dealkylation sites (tertiary alicyclic amines) is 1. The van der Waals surface area contributed by atoms with Crippen LogP contribution in [0.5, 0.6) is 0 Å². The Kier molecular flexibility index (Phi) is 4.08. The molecule has 4 heteroatoms. The van der Waals surface area contributed by atoms with Gasteiger partial charge in [-0.15, -0.1) is 0 Å². The summed E-state index contributed by atoms with van der Waals surface area (Å²) >= 11 is 0. The Morgan fingerprint density at radius 2 is 1.53 bits per heavy atom. The third-order valence-corrected chi connectivity index (χ3v) is 4.69. The van der Waals surface area contributed by atoms with Crippen molar-refractivity contribution in [1.82, 2.24) is 9.80 Å². The molecule has 1 aliphatic heterocycles. The Morgan fingerprint density at radius 3 is 2.00 bits per heavy atom. The molecule has 0 spiro atoms. The highest BCUT2D eigenvalue weighted by Crippen LogP contribution is 2.33. The van der Waals surface area contributed by atoms with Crippen molar-refractivity contribution in [3.63, 3.8) is 0 Å². The zero-order valence-electron chi connectivity index (χ0n) is 11.9. The molecule has 0 aromatic heterocycles. The fraction of sp³-hybridized carbons (Fsp3) is 0.933. The van der Waals surface area contributed by atoms with Crippen molar-refractivity contribution in [3.8, 4) is 0 Å². The average Bonchev–Trinajstić information content (AvgIpc) is 3.26. The smallest absolute Gasteiger partial charge is 0.236 e. The molecule has 3 fully saturated rings. The van der Waals surface area contributed by atoms with Gasteiger partial charge in [-0.05, 0) is 50.4 Å². The zero-order chi connectivity index (χ0) is 13.2. The van der Waals surface area contributed by atoms with Crippen molar-refractivity contribution in [1.29, 1.82) is 0 Å². The number of hydrogen-bond acceptors (Lipinski definition) is 3. The van der Waals surface area contributed by atoms with E-state index in [-0.39, 0.29) is 0 Å². The number of amides is 1. The first-order chi connectivity index (χ1) is 9.20. The van der Waals surface area contributed by atoms with E-state index in [0.29, 0.717) is 18.5 Å². The normalized spacial score (nSPS) is 25.5. The lowest BCUT2D eigenvalue weighted by molar-refractivity contribution is -0.133. The van der Waals surface area contributed by atoms with Gasteiger partial charge < -0.3 is 10.6 Å². The number of piperidine rings is 1. The summed E-state index contributed by atoms with van der Waals surface area (Å²) in [6.45, 7) is 4.64. The van der Waals surface area contributed by atoms with E-state index in [1.807, 2.05) is 0 Å². The quantitative estimate of drug-likeness (QED) is 0.781. The number of hydrogen-bond donors (Lipinski definition) is 1. The van der Waals surface area contributed by atoms with Crippen LogP contribution in [0, 0.1) is 11.8 Å². The molecule has 3 rings (SSSR count). The van der Waals surface area contributed by atoms with Crippen molar-refractivity contribution in [2.45, 2.75) is 44.6 Å². The van der Waals surface area contributed by atoms with E-state index in [9.17, 15) is 4.79 Å². The number of carbonyl (C=O) groups excluding carboxylic acids is 1. The summed E-state index contributed by atoms with van der Waals surface area (Å²) in [6, 6.07) is 0.348. The van der Waals surface area contributed by atoms with Gasteiger partial charge in [0, 0.05) is 32.2 Å². The van der Waals surface area contributed by atoms with E-state index in [1.165, 1.54) is 25.7 Å². The van der Waals surface area contributed by atoms with Gasteiger partial charge in [-0.3, -0.25) is 9.69 Å². The molecule has 2 saturated carbocycles. The number of rotatable bonds is 6. The lowest BCUT2D eigenvalue weighted by Gasteiger charge is -2.32. The van der Waals surface area contributed by atoms with Gasteiger partial charge in [0.15, 0.2) is 0 Å². The van der Waals surface area contributed by atoms with Crippen molar-refractivity contribution in [3.05, 3.63) is 0 Å². The van der Waals surface area contributed by atoms with Gasteiger partial charge in [-0.25, -0.2) is 0 Å². The van der Waals surface area contributed by atoms with Crippen LogP contribution in [-0.4, -0.2) is 54.5 Å². The number of carbonyl (C=O) groups is 1. The minimum atomic E-state index is 0.348. The second-order valence-electron chi connectivity index (χ2n) is 6.80. The fourth-order valence-corrected chi connectivity index (χ4v) is 2.90. The summed E-state index contributed by atoms with van der Waals surface area (Å²) in [5, 5.41) is 0. The van der Waals surface area contributed by atoms with Crippen molar-refractivity contribution in [2.75, 3.05) is 32.7 Å². The summed E-state index contributed by atoms with van der Waals surface area (Å²) in [5.74, 6) is 1.96. The lowest BCUT2D eigenvalue weighted by Crippen LogP contribution is -2.46. The molecule has 2 N–H and O–H groups in total.